The molecule has 0 unspecified atom stereocenters. The number of carbonyl (C=O) groups is 1. The van der Waals surface area contributed by atoms with Gasteiger partial charge in [-0.3, -0.25) is 4.79 Å². The maximum Gasteiger partial charge on any atom is 0.248 e. The highest BCUT2D eigenvalue weighted by Gasteiger charge is 2.24. The average Bonchev–Trinajstić information content (AvgIpc) is 3.00. The van der Waals surface area contributed by atoms with Gasteiger partial charge in [-0.1, -0.05) is 31.9 Å². The molecule has 1 amide bonds. The van der Waals surface area contributed by atoms with Crippen LogP contribution in [0, 0.1) is 5.92 Å². The highest BCUT2D eigenvalue weighted by molar-refractivity contribution is 5.77. The third-order valence-corrected chi connectivity index (χ3v) is 4.23. The van der Waals surface area contributed by atoms with Crippen LogP contribution < -0.4 is 0 Å². The number of aromatic amines is 1. The molecule has 1 aromatic heterocycles. The molecule has 1 heterocycles. The molecule has 1 aromatic rings. The Morgan fingerprint density at radius 3 is 2.90 bits per heavy atom. The Bertz CT molecular complexity index is 437. The number of likely N-dealkylation sites (N-methyl/N-ethyl adjacent to an activating group) is 1. The minimum atomic E-state index is 0.00289. The monoisotopic (exact) mass is 295 g/mol. The van der Waals surface area contributed by atoms with Crippen molar-refractivity contribution in [3.8, 4) is 0 Å². The molecule has 1 saturated carbocycles. The maximum absolute atomic E-state index is 12.1. The predicted molar refractivity (Wildman–Crippen MR) is 77.6 cm³/mol. The molecule has 0 aliphatic heterocycles. The lowest BCUT2D eigenvalue weighted by Gasteiger charge is -2.29. The SMILES string of the molecule is C[C@H](CN(C)C(=O)CO[C@@H]1CCCC[C@@H]1C)c1nn[nH]n1. The standard InChI is InChI=1S/C14H25N5O2/c1-10-6-4-5-7-12(10)21-9-13(20)19(3)8-11(2)14-15-17-18-16-14/h10-12H,4-9H2,1-3H3,(H,15,16,17,18)/t10-,11+,12+/m0/s1. The van der Waals surface area contributed by atoms with E-state index < -0.39 is 0 Å². The zero-order valence-corrected chi connectivity index (χ0v) is 13.1. The van der Waals surface area contributed by atoms with Gasteiger partial charge in [0, 0.05) is 19.5 Å². The number of rotatable bonds is 6. The summed E-state index contributed by atoms with van der Waals surface area (Å²) in [6, 6.07) is 0. The number of hydrogen-bond donors (Lipinski definition) is 1. The van der Waals surface area contributed by atoms with Gasteiger partial charge in [0.1, 0.15) is 6.61 Å². The number of amides is 1. The van der Waals surface area contributed by atoms with Crippen molar-refractivity contribution in [1.29, 1.82) is 0 Å². The van der Waals surface area contributed by atoms with Crippen molar-refractivity contribution in [2.45, 2.75) is 51.6 Å². The minimum Gasteiger partial charge on any atom is -0.368 e. The molecule has 1 aliphatic carbocycles. The van der Waals surface area contributed by atoms with Crippen LogP contribution in [0.15, 0.2) is 0 Å². The van der Waals surface area contributed by atoms with Crippen molar-refractivity contribution in [3.05, 3.63) is 5.82 Å². The molecule has 2 rings (SSSR count). The van der Waals surface area contributed by atoms with Crippen LogP contribution in [0.2, 0.25) is 0 Å². The summed E-state index contributed by atoms with van der Waals surface area (Å²) in [4.78, 5) is 13.8. The van der Waals surface area contributed by atoms with E-state index in [4.69, 9.17) is 4.74 Å². The number of nitrogens with one attached hydrogen (secondary N) is 1. The van der Waals surface area contributed by atoms with Gasteiger partial charge >= 0.3 is 0 Å². The summed E-state index contributed by atoms with van der Waals surface area (Å²) in [7, 11) is 1.78. The largest absolute Gasteiger partial charge is 0.368 e. The predicted octanol–water partition coefficient (Wildman–Crippen LogP) is 1.36. The molecule has 118 valence electrons. The molecule has 1 N–H and O–H groups in total. The molecule has 21 heavy (non-hydrogen) atoms. The van der Waals surface area contributed by atoms with E-state index in [1.165, 1.54) is 19.3 Å². The third kappa shape index (κ3) is 4.49. The lowest BCUT2D eigenvalue weighted by molar-refractivity contribution is -0.139. The van der Waals surface area contributed by atoms with Crippen LogP contribution in [0.25, 0.3) is 0 Å². The summed E-state index contributed by atoms with van der Waals surface area (Å²) in [5, 5.41) is 13.8. The van der Waals surface area contributed by atoms with Crippen molar-refractivity contribution in [3.63, 3.8) is 0 Å². The van der Waals surface area contributed by atoms with Gasteiger partial charge < -0.3 is 9.64 Å². The van der Waals surface area contributed by atoms with Gasteiger partial charge in [0.2, 0.25) is 5.91 Å². The Morgan fingerprint density at radius 1 is 1.48 bits per heavy atom. The second-order valence-corrected chi connectivity index (χ2v) is 6.06. The minimum absolute atomic E-state index is 0.00289. The van der Waals surface area contributed by atoms with E-state index in [1.54, 1.807) is 11.9 Å². The number of hydrogen-bond acceptors (Lipinski definition) is 5. The molecule has 0 radical (unpaired) electrons. The molecular weight excluding hydrogens is 270 g/mol. The van der Waals surface area contributed by atoms with Crippen molar-refractivity contribution >= 4 is 5.91 Å². The maximum atomic E-state index is 12.1. The smallest absolute Gasteiger partial charge is 0.248 e. The number of aromatic nitrogens is 4. The Hall–Kier alpha value is -1.50. The van der Waals surface area contributed by atoms with E-state index in [0.717, 1.165) is 6.42 Å². The lowest BCUT2D eigenvalue weighted by Crippen LogP contribution is -2.36. The van der Waals surface area contributed by atoms with Gasteiger partial charge in [-0.05, 0) is 18.8 Å². The third-order valence-electron chi connectivity index (χ3n) is 4.23. The Morgan fingerprint density at radius 2 is 2.24 bits per heavy atom. The summed E-state index contributed by atoms with van der Waals surface area (Å²) >= 11 is 0. The number of ether oxygens (including phenoxy) is 1. The first-order valence-corrected chi connectivity index (χ1v) is 7.66. The van der Waals surface area contributed by atoms with Gasteiger partial charge in [0.25, 0.3) is 0 Å². The summed E-state index contributed by atoms with van der Waals surface area (Å²) in [6.07, 6.45) is 4.97. The van der Waals surface area contributed by atoms with Crippen LogP contribution in [0.4, 0.5) is 0 Å². The van der Waals surface area contributed by atoms with E-state index in [-0.39, 0.29) is 24.5 Å². The van der Waals surface area contributed by atoms with E-state index in [1.807, 2.05) is 6.92 Å². The van der Waals surface area contributed by atoms with Crippen LogP contribution in [0.1, 0.15) is 51.3 Å². The van der Waals surface area contributed by atoms with Crippen LogP contribution in [-0.2, 0) is 9.53 Å². The number of H-pyrrole nitrogens is 1. The summed E-state index contributed by atoms with van der Waals surface area (Å²) < 4.78 is 5.81. The van der Waals surface area contributed by atoms with Crippen LogP contribution >= 0.6 is 0 Å². The van der Waals surface area contributed by atoms with Gasteiger partial charge in [-0.2, -0.15) is 5.21 Å². The van der Waals surface area contributed by atoms with Crippen LogP contribution in [-0.4, -0.2) is 57.7 Å². The Balaban J connectivity index is 1.74. The van der Waals surface area contributed by atoms with Crippen molar-refractivity contribution in [1.82, 2.24) is 25.5 Å². The Labute approximate surface area is 125 Å². The zero-order valence-electron chi connectivity index (χ0n) is 13.1. The molecule has 7 heteroatoms. The number of tetrazole rings is 1. The zero-order chi connectivity index (χ0) is 15.2. The second-order valence-electron chi connectivity index (χ2n) is 6.06. The molecule has 0 bridgehead atoms. The molecule has 3 atom stereocenters. The normalized spacial score (nSPS) is 23.8. The second kappa shape index (κ2) is 7.49. The van der Waals surface area contributed by atoms with Gasteiger partial charge in [-0.15, -0.1) is 10.2 Å². The molecule has 7 nitrogen and oxygen atoms in total. The molecule has 0 aromatic carbocycles. The first kappa shape index (κ1) is 15.9. The molecule has 1 fully saturated rings. The summed E-state index contributed by atoms with van der Waals surface area (Å²) in [5.74, 6) is 1.22. The van der Waals surface area contributed by atoms with E-state index in [2.05, 4.69) is 27.5 Å². The summed E-state index contributed by atoms with van der Waals surface area (Å²) in [5.41, 5.74) is 0. The quantitative estimate of drug-likeness (QED) is 0.856. The van der Waals surface area contributed by atoms with Crippen LogP contribution in [0.5, 0.6) is 0 Å². The molecule has 1 aliphatic rings. The topological polar surface area (TPSA) is 84.0 Å². The first-order valence-electron chi connectivity index (χ1n) is 7.66. The highest BCUT2D eigenvalue weighted by atomic mass is 16.5. The van der Waals surface area contributed by atoms with E-state index in [9.17, 15) is 4.79 Å². The first-order chi connectivity index (χ1) is 10.1. The Kier molecular flexibility index (Phi) is 5.67. The van der Waals surface area contributed by atoms with Gasteiger partial charge in [0.05, 0.1) is 6.10 Å². The average molecular weight is 295 g/mol. The number of carbonyl (C=O) groups excluding carboxylic acids is 1. The van der Waals surface area contributed by atoms with Crippen molar-refractivity contribution in [2.75, 3.05) is 20.2 Å². The van der Waals surface area contributed by atoms with Gasteiger partial charge in [0.15, 0.2) is 5.82 Å². The fraction of sp³-hybridized carbons (Fsp3) is 0.857. The van der Waals surface area contributed by atoms with E-state index >= 15 is 0 Å². The summed E-state index contributed by atoms with van der Waals surface area (Å²) in [6.45, 7) is 4.89. The van der Waals surface area contributed by atoms with Gasteiger partial charge in [-0.25, -0.2) is 0 Å². The fourth-order valence-electron chi connectivity index (χ4n) is 2.79. The lowest BCUT2D eigenvalue weighted by atomic mass is 9.88. The number of nitrogens with zero attached hydrogens (tertiary/aromatic N) is 4. The molecule has 0 saturated heterocycles. The van der Waals surface area contributed by atoms with Crippen molar-refractivity contribution < 1.29 is 9.53 Å². The highest BCUT2D eigenvalue weighted by Crippen LogP contribution is 2.26. The van der Waals surface area contributed by atoms with Crippen molar-refractivity contribution in [2.24, 2.45) is 5.92 Å². The molecule has 0 spiro atoms. The fourth-order valence-corrected chi connectivity index (χ4v) is 2.79. The van der Waals surface area contributed by atoms with Crippen LogP contribution in [0.3, 0.4) is 0 Å². The van der Waals surface area contributed by atoms with E-state index in [0.29, 0.717) is 18.3 Å². The molecular formula is C14H25N5O2.